The van der Waals surface area contributed by atoms with Crippen molar-refractivity contribution in [3.05, 3.63) is 158 Å². The minimum Gasteiger partial charge on any atom is -0.293 e. The lowest BCUT2D eigenvalue weighted by Crippen LogP contribution is -2.00. The molecule has 0 spiro atoms. The summed E-state index contributed by atoms with van der Waals surface area (Å²) < 4.78 is 7.09. The predicted octanol–water partition coefficient (Wildman–Crippen LogP) is 9.71. The Morgan fingerprint density at radius 3 is 1.65 bits per heavy atom. The van der Waals surface area contributed by atoms with E-state index in [4.69, 9.17) is 4.98 Å². The zero-order valence-electron chi connectivity index (χ0n) is 23.3. The van der Waals surface area contributed by atoms with Crippen LogP contribution in [0.25, 0.3) is 72.5 Å². The van der Waals surface area contributed by atoms with Gasteiger partial charge in [-0.3, -0.25) is 13.5 Å². The van der Waals surface area contributed by atoms with Gasteiger partial charge in [-0.15, -0.1) is 0 Å². The molecule has 3 aromatic heterocycles. The first-order valence-electron chi connectivity index (χ1n) is 14.6. The molecule has 0 aliphatic carbocycles. The Morgan fingerprint density at radius 1 is 0.395 bits per heavy atom. The lowest BCUT2D eigenvalue weighted by Gasteiger charge is -2.13. The maximum absolute atomic E-state index is 5.04. The molecule has 0 saturated heterocycles. The van der Waals surface area contributed by atoms with Crippen molar-refractivity contribution in [2.45, 2.75) is 0 Å². The van der Waals surface area contributed by atoms with Gasteiger partial charge in [-0.2, -0.15) is 0 Å². The van der Waals surface area contributed by atoms with E-state index in [9.17, 15) is 0 Å². The van der Waals surface area contributed by atoms with Crippen molar-refractivity contribution < 1.29 is 0 Å². The van der Waals surface area contributed by atoms with Crippen LogP contribution in [0.1, 0.15) is 0 Å². The van der Waals surface area contributed by atoms with Crippen LogP contribution in [0.3, 0.4) is 0 Å². The molecule has 0 fully saturated rings. The highest BCUT2D eigenvalue weighted by atomic mass is 15.1. The SMILES string of the molecule is c1ccc(-c2c3ccccc3n3c4ccccc4n(-c4ccc(-n5c(-c6ccccc6)nc6ccccc65)cc4)c23)cc1. The van der Waals surface area contributed by atoms with Gasteiger partial charge in [0.2, 0.25) is 0 Å². The minimum atomic E-state index is 0.938. The first-order valence-corrected chi connectivity index (χ1v) is 14.6. The number of nitrogens with zero attached hydrogens (tertiary/aromatic N) is 4. The highest BCUT2D eigenvalue weighted by Crippen LogP contribution is 2.40. The van der Waals surface area contributed by atoms with Gasteiger partial charge < -0.3 is 0 Å². The van der Waals surface area contributed by atoms with E-state index in [-0.39, 0.29) is 0 Å². The van der Waals surface area contributed by atoms with E-state index >= 15 is 0 Å². The molecule has 6 aromatic carbocycles. The molecular formula is C39H26N4. The van der Waals surface area contributed by atoms with E-state index in [2.05, 4.69) is 159 Å². The summed E-state index contributed by atoms with van der Waals surface area (Å²) in [4.78, 5) is 5.04. The average molecular weight is 551 g/mol. The number of hydrogen-bond donors (Lipinski definition) is 0. The molecule has 0 aliphatic rings. The Kier molecular flexibility index (Phi) is 5.16. The van der Waals surface area contributed by atoms with E-state index in [0.29, 0.717) is 0 Å². The van der Waals surface area contributed by atoms with Crippen molar-refractivity contribution in [3.63, 3.8) is 0 Å². The van der Waals surface area contributed by atoms with Crippen LogP contribution in [0.15, 0.2) is 158 Å². The molecule has 0 amide bonds. The van der Waals surface area contributed by atoms with Crippen LogP contribution in [0, 0.1) is 0 Å². The van der Waals surface area contributed by atoms with Crippen LogP contribution in [-0.2, 0) is 0 Å². The van der Waals surface area contributed by atoms with Crippen LogP contribution in [0.5, 0.6) is 0 Å². The van der Waals surface area contributed by atoms with Crippen LogP contribution >= 0.6 is 0 Å². The smallest absolute Gasteiger partial charge is 0.145 e. The molecule has 43 heavy (non-hydrogen) atoms. The van der Waals surface area contributed by atoms with Crippen molar-refractivity contribution in [2.24, 2.45) is 0 Å². The molecule has 0 radical (unpaired) electrons. The van der Waals surface area contributed by atoms with Crippen molar-refractivity contribution in [1.29, 1.82) is 0 Å². The van der Waals surface area contributed by atoms with Crippen LogP contribution in [0.2, 0.25) is 0 Å². The summed E-state index contributed by atoms with van der Waals surface area (Å²) >= 11 is 0. The molecule has 0 N–H and O–H groups in total. The Hall–Kier alpha value is -5.87. The van der Waals surface area contributed by atoms with Gasteiger partial charge in [-0.25, -0.2) is 4.98 Å². The number of fused-ring (bicyclic) bond motifs is 6. The largest absolute Gasteiger partial charge is 0.293 e. The van der Waals surface area contributed by atoms with Gasteiger partial charge in [0, 0.05) is 27.9 Å². The van der Waals surface area contributed by atoms with Gasteiger partial charge >= 0.3 is 0 Å². The van der Waals surface area contributed by atoms with Gasteiger partial charge in [0.25, 0.3) is 0 Å². The predicted molar refractivity (Wildman–Crippen MR) is 177 cm³/mol. The standard InChI is InChI=1S/C39H26N4/c1-3-13-27(14-4-1)37-31-17-7-9-19-33(31)43-36-22-12-11-21-35(36)42(39(37)43)30-25-23-29(24-26-30)41-34-20-10-8-18-32(34)40-38(41)28-15-5-2-6-16-28/h1-26H. The molecule has 4 heteroatoms. The Bertz CT molecular complexity index is 2430. The minimum absolute atomic E-state index is 0.938. The molecule has 0 atom stereocenters. The zero-order chi connectivity index (χ0) is 28.3. The number of imidazole rings is 2. The Balaban J connectivity index is 1.31. The molecule has 0 saturated carbocycles. The topological polar surface area (TPSA) is 27.2 Å². The number of benzene rings is 6. The number of rotatable bonds is 4. The summed E-state index contributed by atoms with van der Waals surface area (Å²) in [6.07, 6.45) is 0. The molecule has 0 unspecified atom stereocenters. The number of aromatic nitrogens is 4. The maximum Gasteiger partial charge on any atom is 0.145 e. The van der Waals surface area contributed by atoms with Gasteiger partial charge in [-0.05, 0) is 60.2 Å². The van der Waals surface area contributed by atoms with E-state index in [1.807, 2.05) is 12.1 Å². The van der Waals surface area contributed by atoms with Gasteiger partial charge in [0.1, 0.15) is 11.5 Å². The second-order valence-electron chi connectivity index (χ2n) is 10.9. The van der Waals surface area contributed by atoms with Gasteiger partial charge in [0.15, 0.2) is 0 Å². The highest BCUT2D eigenvalue weighted by Gasteiger charge is 2.22. The second-order valence-corrected chi connectivity index (χ2v) is 10.9. The number of para-hydroxylation sites is 5. The summed E-state index contributed by atoms with van der Waals surface area (Å²) in [6.45, 7) is 0. The maximum atomic E-state index is 5.04. The summed E-state index contributed by atoms with van der Waals surface area (Å²) in [7, 11) is 0. The quantitative estimate of drug-likeness (QED) is 0.214. The summed E-state index contributed by atoms with van der Waals surface area (Å²) in [6, 6.07) is 55.8. The molecule has 202 valence electrons. The van der Waals surface area contributed by atoms with Gasteiger partial charge in [-0.1, -0.05) is 103 Å². The fourth-order valence-electron chi connectivity index (χ4n) is 6.61. The summed E-state index contributed by atoms with van der Waals surface area (Å²) in [5, 5.41) is 1.25. The average Bonchev–Trinajstić information content (AvgIpc) is 3.73. The highest BCUT2D eigenvalue weighted by molar-refractivity contribution is 6.09. The van der Waals surface area contributed by atoms with E-state index in [1.54, 1.807) is 0 Å². The monoisotopic (exact) mass is 550 g/mol. The lowest BCUT2D eigenvalue weighted by atomic mass is 10.0. The Morgan fingerprint density at radius 2 is 0.930 bits per heavy atom. The van der Waals surface area contributed by atoms with E-state index < -0.39 is 0 Å². The molecule has 0 aliphatic heterocycles. The Labute approximate surface area is 248 Å². The first kappa shape index (κ1) is 23.8. The summed E-state index contributed by atoms with van der Waals surface area (Å²) in [5.41, 5.74) is 12.5. The van der Waals surface area contributed by atoms with Crippen molar-refractivity contribution >= 4 is 38.6 Å². The van der Waals surface area contributed by atoms with Crippen molar-refractivity contribution in [2.75, 3.05) is 0 Å². The third kappa shape index (κ3) is 3.53. The zero-order valence-corrected chi connectivity index (χ0v) is 23.3. The molecular weight excluding hydrogens is 524 g/mol. The van der Waals surface area contributed by atoms with Crippen molar-refractivity contribution in [3.8, 4) is 33.9 Å². The van der Waals surface area contributed by atoms with Crippen LogP contribution in [-0.4, -0.2) is 18.5 Å². The number of hydrogen-bond acceptors (Lipinski definition) is 1. The van der Waals surface area contributed by atoms with Gasteiger partial charge in [0.05, 0.1) is 27.6 Å². The second kappa shape index (κ2) is 9.33. The molecule has 0 bridgehead atoms. The molecule has 4 nitrogen and oxygen atoms in total. The fraction of sp³-hybridized carbons (Fsp3) is 0. The van der Waals surface area contributed by atoms with Crippen molar-refractivity contribution in [1.82, 2.24) is 18.5 Å². The first-order chi connectivity index (χ1) is 21.4. The lowest BCUT2D eigenvalue weighted by molar-refractivity contribution is 1.09. The molecule has 3 heterocycles. The van der Waals surface area contributed by atoms with E-state index in [1.165, 1.54) is 38.7 Å². The summed E-state index contributed by atoms with van der Waals surface area (Å²) in [5.74, 6) is 0.938. The van der Waals surface area contributed by atoms with Crippen LogP contribution in [0.4, 0.5) is 0 Å². The third-order valence-electron chi connectivity index (χ3n) is 8.45. The van der Waals surface area contributed by atoms with E-state index in [0.717, 1.165) is 33.8 Å². The third-order valence-corrected chi connectivity index (χ3v) is 8.45. The molecule has 9 aromatic rings. The normalized spacial score (nSPS) is 11.7. The molecule has 9 rings (SSSR count). The van der Waals surface area contributed by atoms with Crippen LogP contribution < -0.4 is 0 Å². The fourth-order valence-corrected chi connectivity index (χ4v) is 6.61.